The zero-order chi connectivity index (χ0) is 5.82. The first kappa shape index (κ1) is 6.91. The molecule has 45 valence electrons. The van der Waals surface area contributed by atoms with E-state index in [-0.39, 0.29) is 0 Å². The van der Waals surface area contributed by atoms with Crippen LogP contribution in [0.25, 0.3) is 0 Å². The van der Waals surface area contributed by atoms with Crippen LogP contribution >= 0.6 is 0 Å². The van der Waals surface area contributed by atoms with Crippen LogP contribution in [0.1, 0.15) is 32.1 Å². The van der Waals surface area contributed by atoms with Crippen LogP contribution in [-0.4, -0.2) is 22.5 Å². The van der Waals surface area contributed by atoms with Gasteiger partial charge in [-0.2, -0.15) is 0 Å². The summed E-state index contributed by atoms with van der Waals surface area (Å²) in [4.78, 5) is 0. The van der Waals surface area contributed by atoms with Gasteiger partial charge < -0.3 is 0 Å². The predicted molar refractivity (Wildman–Crippen MR) is 37.1 cm³/mol. The standard InChI is InChI=1S/C7H13.Sn/c1-7-5-3-2-4-6-7;/h7H,1-6H2;. The molecule has 1 saturated carbocycles. The van der Waals surface area contributed by atoms with E-state index in [1.54, 1.807) is 22.5 Å². The summed E-state index contributed by atoms with van der Waals surface area (Å²) < 4.78 is 1.51. The molecular formula is C7H13Sn. The van der Waals surface area contributed by atoms with Gasteiger partial charge in [-0.1, -0.05) is 0 Å². The Morgan fingerprint density at radius 3 is 2.12 bits per heavy atom. The summed E-state index contributed by atoms with van der Waals surface area (Å²) in [6.07, 6.45) is 7.60. The number of rotatable bonds is 1. The average Bonchev–Trinajstić information content (AvgIpc) is 1.90. The maximum absolute atomic E-state index is 1.74. The fourth-order valence-electron chi connectivity index (χ4n) is 1.39. The van der Waals surface area contributed by atoms with Gasteiger partial charge in [0.15, 0.2) is 0 Å². The van der Waals surface area contributed by atoms with Gasteiger partial charge in [0, 0.05) is 0 Å². The van der Waals surface area contributed by atoms with Crippen LogP contribution in [0.3, 0.4) is 0 Å². The van der Waals surface area contributed by atoms with E-state index in [2.05, 4.69) is 0 Å². The van der Waals surface area contributed by atoms with Crippen LogP contribution in [0, 0.1) is 5.92 Å². The fourth-order valence-corrected chi connectivity index (χ4v) is 2.56. The SMILES string of the molecule is [Sn][CH2]C1CCCCC1. The van der Waals surface area contributed by atoms with Gasteiger partial charge in [-0.25, -0.2) is 0 Å². The third kappa shape index (κ3) is 1.96. The van der Waals surface area contributed by atoms with Crippen molar-refractivity contribution in [3.05, 3.63) is 0 Å². The van der Waals surface area contributed by atoms with Crippen molar-refractivity contribution in [2.45, 2.75) is 36.5 Å². The van der Waals surface area contributed by atoms with Crippen molar-refractivity contribution in [1.82, 2.24) is 0 Å². The molecule has 0 spiro atoms. The summed E-state index contributed by atoms with van der Waals surface area (Å²) in [5, 5.41) is 0. The third-order valence-electron chi connectivity index (χ3n) is 2.01. The van der Waals surface area contributed by atoms with E-state index in [1.807, 2.05) is 0 Å². The van der Waals surface area contributed by atoms with Gasteiger partial charge in [0.05, 0.1) is 0 Å². The summed E-state index contributed by atoms with van der Waals surface area (Å²) in [7, 11) is 0. The Kier molecular flexibility index (Phi) is 3.24. The van der Waals surface area contributed by atoms with Gasteiger partial charge in [0.25, 0.3) is 0 Å². The van der Waals surface area contributed by atoms with Gasteiger partial charge in [-0.15, -0.1) is 0 Å². The van der Waals surface area contributed by atoms with Crippen molar-refractivity contribution in [2.24, 2.45) is 5.92 Å². The molecule has 0 aromatic carbocycles. The topological polar surface area (TPSA) is 0 Å². The average molecular weight is 216 g/mol. The Hall–Kier alpha value is 0.799. The summed E-state index contributed by atoms with van der Waals surface area (Å²) >= 11 is 1.74. The molecule has 3 radical (unpaired) electrons. The summed E-state index contributed by atoms with van der Waals surface area (Å²) in [5.74, 6) is 1.13. The number of hydrogen-bond donors (Lipinski definition) is 0. The zero-order valence-electron chi connectivity index (χ0n) is 5.32. The van der Waals surface area contributed by atoms with Crippen molar-refractivity contribution < 1.29 is 0 Å². The summed E-state index contributed by atoms with van der Waals surface area (Å²) in [6.45, 7) is 0. The van der Waals surface area contributed by atoms with Crippen molar-refractivity contribution in [1.29, 1.82) is 0 Å². The first-order valence-corrected chi connectivity index (χ1v) is 5.60. The molecule has 0 bridgehead atoms. The molecule has 1 heteroatoms. The third-order valence-corrected chi connectivity index (χ3v) is 3.66. The Bertz CT molecular complexity index is 55.4. The summed E-state index contributed by atoms with van der Waals surface area (Å²) in [5.41, 5.74) is 0. The quantitative estimate of drug-likeness (QED) is 0.589. The monoisotopic (exact) mass is 217 g/mol. The van der Waals surface area contributed by atoms with E-state index < -0.39 is 0 Å². The van der Waals surface area contributed by atoms with E-state index in [0.717, 1.165) is 5.92 Å². The minimum absolute atomic E-state index is 1.13. The van der Waals surface area contributed by atoms with Crippen molar-refractivity contribution in [2.75, 3.05) is 0 Å². The van der Waals surface area contributed by atoms with Crippen LogP contribution in [0.2, 0.25) is 4.44 Å². The van der Waals surface area contributed by atoms with E-state index in [1.165, 1.54) is 36.5 Å². The molecule has 0 atom stereocenters. The maximum atomic E-state index is 1.74. The Labute approximate surface area is 65.1 Å². The molecule has 0 heterocycles. The first-order valence-electron chi connectivity index (χ1n) is 3.58. The first-order chi connectivity index (χ1) is 3.93. The van der Waals surface area contributed by atoms with Gasteiger partial charge in [0.2, 0.25) is 0 Å². The van der Waals surface area contributed by atoms with Crippen LogP contribution in [-0.2, 0) is 0 Å². The molecule has 1 rings (SSSR count). The second-order valence-electron chi connectivity index (χ2n) is 2.71. The van der Waals surface area contributed by atoms with Crippen molar-refractivity contribution >= 4 is 22.5 Å². The van der Waals surface area contributed by atoms with E-state index in [9.17, 15) is 0 Å². The van der Waals surface area contributed by atoms with Gasteiger partial charge in [-0.3, -0.25) is 0 Å². The Balaban J connectivity index is 2.13. The van der Waals surface area contributed by atoms with Crippen LogP contribution in [0.5, 0.6) is 0 Å². The Morgan fingerprint density at radius 1 is 1.12 bits per heavy atom. The second-order valence-corrected chi connectivity index (χ2v) is 3.87. The second kappa shape index (κ2) is 3.75. The molecule has 0 nitrogen and oxygen atoms in total. The van der Waals surface area contributed by atoms with E-state index in [4.69, 9.17) is 0 Å². The molecule has 0 unspecified atom stereocenters. The zero-order valence-corrected chi connectivity index (χ0v) is 8.17. The van der Waals surface area contributed by atoms with Crippen LogP contribution in [0.4, 0.5) is 0 Å². The van der Waals surface area contributed by atoms with E-state index >= 15 is 0 Å². The molecule has 1 aliphatic rings. The molecule has 0 N–H and O–H groups in total. The molecule has 8 heavy (non-hydrogen) atoms. The Morgan fingerprint density at radius 2 is 1.75 bits per heavy atom. The normalized spacial score (nSPS) is 23.6. The van der Waals surface area contributed by atoms with Crippen LogP contribution in [0.15, 0.2) is 0 Å². The van der Waals surface area contributed by atoms with Gasteiger partial charge >= 0.3 is 65.0 Å². The van der Waals surface area contributed by atoms with Gasteiger partial charge in [0.1, 0.15) is 0 Å². The molecule has 0 saturated heterocycles. The molecule has 0 aromatic heterocycles. The number of hydrogen-bond acceptors (Lipinski definition) is 0. The fraction of sp³-hybridized carbons (Fsp3) is 1.00. The molecule has 1 fully saturated rings. The summed E-state index contributed by atoms with van der Waals surface area (Å²) in [6, 6.07) is 0. The molecule has 0 aliphatic heterocycles. The molecule has 1 aliphatic carbocycles. The molecule has 0 aromatic rings. The predicted octanol–water partition coefficient (Wildman–Crippen LogP) is 2.15. The molecule has 0 amide bonds. The van der Waals surface area contributed by atoms with Crippen molar-refractivity contribution in [3.63, 3.8) is 0 Å². The van der Waals surface area contributed by atoms with Gasteiger partial charge in [-0.05, 0) is 0 Å². The minimum atomic E-state index is 1.13. The van der Waals surface area contributed by atoms with Crippen LogP contribution < -0.4 is 0 Å². The van der Waals surface area contributed by atoms with E-state index in [0.29, 0.717) is 0 Å². The van der Waals surface area contributed by atoms with Crippen molar-refractivity contribution in [3.8, 4) is 0 Å². The molecular weight excluding hydrogens is 203 g/mol.